The van der Waals surface area contributed by atoms with Gasteiger partial charge in [0, 0.05) is 22.5 Å². The second-order valence-electron chi connectivity index (χ2n) is 4.93. The predicted octanol–water partition coefficient (Wildman–Crippen LogP) is 1.94. The fourth-order valence-corrected chi connectivity index (χ4v) is 3.54. The van der Waals surface area contributed by atoms with Crippen LogP contribution in [0, 0.1) is 0 Å². The van der Waals surface area contributed by atoms with E-state index < -0.39 is 0 Å². The lowest BCUT2D eigenvalue weighted by atomic mass is 10.0. The van der Waals surface area contributed by atoms with Crippen LogP contribution in [0.3, 0.4) is 0 Å². The molecule has 0 unspecified atom stereocenters. The maximum Gasteiger partial charge on any atom is 0.217 e. The van der Waals surface area contributed by atoms with Crippen LogP contribution in [0.2, 0.25) is 0 Å². The SMILES string of the molecule is NC(=O)CCc1sc2ncnc(N)c2c1-c1ccc(N)cc1. The van der Waals surface area contributed by atoms with Crippen LogP contribution < -0.4 is 17.2 Å². The number of carbonyl (C=O) groups is 1. The molecule has 22 heavy (non-hydrogen) atoms. The molecule has 0 spiro atoms. The highest BCUT2D eigenvalue weighted by atomic mass is 32.1. The summed E-state index contributed by atoms with van der Waals surface area (Å²) in [5, 5.41) is 0.816. The second-order valence-corrected chi connectivity index (χ2v) is 6.01. The van der Waals surface area contributed by atoms with Crippen molar-refractivity contribution in [3.8, 4) is 11.1 Å². The summed E-state index contributed by atoms with van der Waals surface area (Å²) in [6.45, 7) is 0. The van der Waals surface area contributed by atoms with E-state index in [1.807, 2.05) is 24.3 Å². The van der Waals surface area contributed by atoms with Crippen molar-refractivity contribution in [2.24, 2.45) is 5.73 Å². The highest BCUT2D eigenvalue weighted by Crippen LogP contribution is 2.40. The monoisotopic (exact) mass is 313 g/mol. The van der Waals surface area contributed by atoms with Crippen molar-refractivity contribution in [3.63, 3.8) is 0 Å². The third kappa shape index (κ3) is 2.58. The number of fused-ring (bicyclic) bond motifs is 1. The highest BCUT2D eigenvalue weighted by Gasteiger charge is 2.18. The van der Waals surface area contributed by atoms with Gasteiger partial charge in [0.2, 0.25) is 5.91 Å². The molecular weight excluding hydrogens is 298 g/mol. The Morgan fingerprint density at radius 3 is 2.55 bits per heavy atom. The number of aryl methyl sites for hydroxylation is 1. The maximum absolute atomic E-state index is 11.1. The molecule has 0 aliphatic carbocycles. The first-order valence-corrected chi connectivity index (χ1v) is 7.54. The van der Waals surface area contributed by atoms with Crippen molar-refractivity contribution in [2.75, 3.05) is 11.5 Å². The molecule has 0 bridgehead atoms. The van der Waals surface area contributed by atoms with Crippen LogP contribution in [-0.4, -0.2) is 15.9 Å². The van der Waals surface area contributed by atoms with E-state index in [4.69, 9.17) is 17.2 Å². The van der Waals surface area contributed by atoms with E-state index in [9.17, 15) is 4.79 Å². The van der Waals surface area contributed by atoms with Gasteiger partial charge in [-0.1, -0.05) is 12.1 Å². The fraction of sp³-hybridized carbons (Fsp3) is 0.133. The molecule has 3 rings (SSSR count). The van der Waals surface area contributed by atoms with Crippen molar-refractivity contribution < 1.29 is 4.79 Å². The number of anilines is 2. The van der Waals surface area contributed by atoms with Crippen LogP contribution in [-0.2, 0) is 11.2 Å². The summed E-state index contributed by atoms with van der Waals surface area (Å²) in [4.78, 5) is 21.3. The Balaban J connectivity index is 2.21. The van der Waals surface area contributed by atoms with Gasteiger partial charge in [-0.05, 0) is 24.1 Å². The van der Waals surface area contributed by atoms with Crippen molar-refractivity contribution in [1.82, 2.24) is 9.97 Å². The van der Waals surface area contributed by atoms with Gasteiger partial charge in [-0.25, -0.2) is 9.97 Å². The first-order valence-electron chi connectivity index (χ1n) is 6.72. The molecule has 6 N–H and O–H groups in total. The molecule has 6 nitrogen and oxygen atoms in total. The Bertz CT molecular complexity index is 841. The van der Waals surface area contributed by atoms with E-state index in [1.54, 1.807) is 0 Å². The van der Waals surface area contributed by atoms with E-state index in [0.29, 0.717) is 17.9 Å². The van der Waals surface area contributed by atoms with E-state index in [1.165, 1.54) is 17.7 Å². The van der Waals surface area contributed by atoms with E-state index >= 15 is 0 Å². The number of aromatic nitrogens is 2. The number of amides is 1. The van der Waals surface area contributed by atoms with Gasteiger partial charge in [0.05, 0.1) is 5.39 Å². The predicted molar refractivity (Wildman–Crippen MR) is 89.2 cm³/mol. The van der Waals surface area contributed by atoms with Gasteiger partial charge in [-0.3, -0.25) is 4.79 Å². The van der Waals surface area contributed by atoms with Crippen molar-refractivity contribution in [1.29, 1.82) is 0 Å². The zero-order valence-electron chi connectivity index (χ0n) is 11.7. The van der Waals surface area contributed by atoms with Gasteiger partial charge in [0.25, 0.3) is 0 Å². The van der Waals surface area contributed by atoms with Crippen LogP contribution in [0.25, 0.3) is 21.3 Å². The van der Waals surface area contributed by atoms with E-state index in [-0.39, 0.29) is 12.3 Å². The normalized spacial score (nSPS) is 10.9. The number of carbonyl (C=O) groups excluding carboxylic acids is 1. The minimum Gasteiger partial charge on any atom is -0.399 e. The lowest BCUT2D eigenvalue weighted by Gasteiger charge is -2.06. The molecule has 0 aliphatic heterocycles. The van der Waals surface area contributed by atoms with Crippen molar-refractivity contribution in [3.05, 3.63) is 35.5 Å². The first kappa shape index (κ1) is 14.3. The Labute approximate surface area is 131 Å². The lowest BCUT2D eigenvalue weighted by molar-refractivity contribution is -0.117. The molecule has 1 amide bonds. The van der Waals surface area contributed by atoms with Gasteiger partial charge in [0.15, 0.2) is 0 Å². The molecular formula is C15H15N5OS. The van der Waals surface area contributed by atoms with Crippen LogP contribution in [0.15, 0.2) is 30.6 Å². The van der Waals surface area contributed by atoms with Gasteiger partial charge in [0.1, 0.15) is 17.0 Å². The molecule has 0 saturated carbocycles. The summed E-state index contributed by atoms with van der Waals surface area (Å²) in [5.41, 5.74) is 19.7. The number of benzene rings is 1. The number of nitrogens with zero attached hydrogens (tertiary/aromatic N) is 2. The third-order valence-electron chi connectivity index (χ3n) is 3.39. The van der Waals surface area contributed by atoms with Crippen molar-refractivity contribution in [2.45, 2.75) is 12.8 Å². The number of nitrogen functional groups attached to an aromatic ring is 2. The topological polar surface area (TPSA) is 121 Å². The fourth-order valence-electron chi connectivity index (χ4n) is 2.37. The summed E-state index contributed by atoms with van der Waals surface area (Å²) in [6.07, 6.45) is 2.27. The molecule has 2 heterocycles. The number of primary amides is 1. The average molecular weight is 313 g/mol. The van der Waals surface area contributed by atoms with Crippen molar-refractivity contribution >= 4 is 39.0 Å². The summed E-state index contributed by atoms with van der Waals surface area (Å²) >= 11 is 1.51. The molecule has 7 heteroatoms. The standard InChI is InChI=1S/C15H15N5OS/c16-9-3-1-8(2-4-9)12-10(5-6-11(17)21)22-15-13(12)14(18)19-7-20-15/h1-4,7H,5-6,16H2,(H2,17,21)(H2,18,19,20). The number of thiophene rings is 1. The quantitative estimate of drug-likeness (QED) is 0.635. The van der Waals surface area contributed by atoms with E-state index in [2.05, 4.69) is 9.97 Å². The molecule has 0 aliphatic rings. The molecule has 0 fully saturated rings. The highest BCUT2D eigenvalue weighted by molar-refractivity contribution is 7.19. The number of hydrogen-bond donors (Lipinski definition) is 3. The molecule has 0 radical (unpaired) electrons. The molecule has 2 aromatic heterocycles. The average Bonchev–Trinajstić information content (AvgIpc) is 2.86. The van der Waals surface area contributed by atoms with Gasteiger partial charge >= 0.3 is 0 Å². The number of rotatable bonds is 4. The van der Waals surface area contributed by atoms with Gasteiger partial charge in [-0.2, -0.15) is 0 Å². The molecule has 0 atom stereocenters. The Hall–Kier alpha value is -2.67. The summed E-state index contributed by atoms with van der Waals surface area (Å²) in [5.74, 6) is 0.0955. The van der Waals surface area contributed by atoms with Crippen LogP contribution >= 0.6 is 11.3 Å². The molecule has 0 saturated heterocycles. The first-order chi connectivity index (χ1) is 10.6. The summed E-state index contributed by atoms with van der Waals surface area (Å²) in [7, 11) is 0. The Morgan fingerprint density at radius 2 is 1.86 bits per heavy atom. The minimum absolute atomic E-state index is 0.280. The van der Waals surface area contributed by atoms with Gasteiger partial charge < -0.3 is 17.2 Å². The number of nitrogens with two attached hydrogens (primary N) is 3. The Kier molecular flexibility index (Phi) is 3.64. The summed E-state index contributed by atoms with van der Waals surface area (Å²) < 4.78 is 0. The molecule has 1 aromatic carbocycles. The Morgan fingerprint density at radius 1 is 1.14 bits per heavy atom. The minimum atomic E-state index is -0.334. The lowest BCUT2D eigenvalue weighted by Crippen LogP contribution is -2.10. The zero-order valence-corrected chi connectivity index (χ0v) is 12.6. The maximum atomic E-state index is 11.1. The zero-order chi connectivity index (χ0) is 15.7. The third-order valence-corrected chi connectivity index (χ3v) is 4.55. The van der Waals surface area contributed by atoms with Gasteiger partial charge in [-0.15, -0.1) is 11.3 Å². The smallest absolute Gasteiger partial charge is 0.217 e. The van der Waals surface area contributed by atoms with Crippen LogP contribution in [0.1, 0.15) is 11.3 Å². The number of hydrogen-bond acceptors (Lipinski definition) is 6. The second kappa shape index (κ2) is 5.61. The molecule has 112 valence electrons. The molecule has 3 aromatic rings. The largest absolute Gasteiger partial charge is 0.399 e. The van der Waals surface area contributed by atoms with Crippen LogP contribution in [0.4, 0.5) is 11.5 Å². The van der Waals surface area contributed by atoms with Crippen LogP contribution in [0.5, 0.6) is 0 Å². The summed E-state index contributed by atoms with van der Waals surface area (Å²) in [6, 6.07) is 7.52. The van der Waals surface area contributed by atoms with E-state index in [0.717, 1.165) is 26.2 Å².